The van der Waals surface area contributed by atoms with Gasteiger partial charge in [-0.3, -0.25) is 14.4 Å². The van der Waals surface area contributed by atoms with E-state index in [4.69, 9.17) is 4.74 Å². The van der Waals surface area contributed by atoms with Crippen molar-refractivity contribution in [3.8, 4) is 5.75 Å². The van der Waals surface area contributed by atoms with Crippen LogP contribution in [-0.2, 0) is 23.9 Å². The molecule has 0 bridgehead atoms. The van der Waals surface area contributed by atoms with E-state index in [0.29, 0.717) is 18.4 Å². The molecule has 0 saturated heterocycles. The summed E-state index contributed by atoms with van der Waals surface area (Å²) >= 11 is 0. The third kappa shape index (κ3) is 7.10. The van der Waals surface area contributed by atoms with Gasteiger partial charge in [-0.2, -0.15) is 0 Å². The predicted octanol–water partition coefficient (Wildman–Crippen LogP) is 1.94. The molecule has 1 atom stereocenters. The number of benzene rings is 1. The second-order valence-corrected chi connectivity index (χ2v) is 8.95. The summed E-state index contributed by atoms with van der Waals surface area (Å²) in [6.07, 6.45) is 1.47. The number of carbonyl (C=O) groups is 4. The van der Waals surface area contributed by atoms with Crippen LogP contribution in [0.1, 0.15) is 57.2 Å². The molecule has 0 radical (unpaired) electrons. The van der Waals surface area contributed by atoms with E-state index >= 15 is 0 Å². The number of phenolic OH excluding ortho intramolecular Hbond substituents is 1. The first-order valence-electron chi connectivity index (χ1n) is 10.9. The highest BCUT2D eigenvalue weighted by molar-refractivity contribution is 5.92. The Morgan fingerprint density at radius 1 is 1.15 bits per heavy atom. The average Bonchev–Trinajstić information content (AvgIpc) is 2.70. The monoisotopic (exact) mass is 463 g/mol. The molecule has 1 aromatic carbocycles. The molecule has 1 saturated carbocycles. The van der Waals surface area contributed by atoms with Gasteiger partial charge < -0.3 is 30.1 Å². The van der Waals surface area contributed by atoms with Crippen molar-refractivity contribution in [2.24, 2.45) is 0 Å². The molecular weight excluding hydrogens is 430 g/mol. The molecule has 1 aliphatic rings. The van der Waals surface area contributed by atoms with E-state index in [0.717, 1.165) is 6.42 Å². The lowest BCUT2D eigenvalue weighted by Gasteiger charge is -2.42. The lowest BCUT2D eigenvalue weighted by molar-refractivity contribution is -0.146. The molecule has 10 nitrogen and oxygen atoms in total. The van der Waals surface area contributed by atoms with E-state index in [2.05, 4.69) is 15.4 Å². The Bertz CT molecular complexity index is 891. The number of carbonyl (C=O) groups excluding carboxylic acids is 4. The molecule has 1 aliphatic carbocycles. The fourth-order valence-corrected chi connectivity index (χ4v) is 3.42. The second kappa shape index (κ2) is 11.0. The standard InChI is InChI=1S/C23H33N3O7/c1-14-8-6-11-16(20(14)29)19(21(30)24-13-18(28)32-5)26(15-9-7-10-15)17(27)12-25-22(31)33-23(2,3)4/h6,8,11,15,19,29H,7,9-10,12-13H2,1-5H3,(H,24,30)(H,25,31). The molecule has 0 aromatic heterocycles. The van der Waals surface area contributed by atoms with Crippen LogP contribution in [0.25, 0.3) is 0 Å². The Morgan fingerprint density at radius 3 is 2.36 bits per heavy atom. The number of amides is 3. The van der Waals surface area contributed by atoms with Crippen molar-refractivity contribution in [2.45, 2.75) is 64.6 Å². The maximum Gasteiger partial charge on any atom is 0.408 e. The summed E-state index contributed by atoms with van der Waals surface area (Å²) in [5.74, 6) is -1.92. The van der Waals surface area contributed by atoms with Crippen molar-refractivity contribution in [3.05, 3.63) is 29.3 Å². The van der Waals surface area contributed by atoms with Gasteiger partial charge in [0.25, 0.3) is 0 Å². The van der Waals surface area contributed by atoms with Gasteiger partial charge in [0, 0.05) is 11.6 Å². The topological polar surface area (TPSA) is 134 Å². The SMILES string of the molecule is COC(=O)CNC(=O)C(c1cccc(C)c1O)N(C(=O)CNC(=O)OC(C)(C)C)C1CCC1. The number of esters is 1. The van der Waals surface area contributed by atoms with Crippen LogP contribution in [0.4, 0.5) is 4.79 Å². The van der Waals surface area contributed by atoms with Crippen LogP contribution in [-0.4, -0.2) is 65.7 Å². The van der Waals surface area contributed by atoms with Gasteiger partial charge in [-0.25, -0.2) is 4.79 Å². The largest absolute Gasteiger partial charge is 0.507 e. The van der Waals surface area contributed by atoms with Crippen molar-refractivity contribution in [1.29, 1.82) is 0 Å². The molecule has 2 rings (SSSR count). The number of nitrogens with one attached hydrogen (secondary N) is 2. The number of hydrogen-bond donors (Lipinski definition) is 3. The fraction of sp³-hybridized carbons (Fsp3) is 0.565. The van der Waals surface area contributed by atoms with E-state index in [-0.39, 0.29) is 23.9 Å². The van der Waals surface area contributed by atoms with E-state index < -0.39 is 42.1 Å². The maximum atomic E-state index is 13.3. The lowest BCUT2D eigenvalue weighted by atomic mass is 9.88. The molecule has 0 heterocycles. The molecule has 0 spiro atoms. The van der Waals surface area contributed by atoms with Gasteiger partial charge in [-0.1, -0.05) is 18.2 Å². The highest BCUT2D eigenvalue weighted by Crippen LogP contribution is 2.37. The highest BCUT2D eigenvalue weighted by Gasteiger charge is 2.40. The quantitative estimate of drug-likeness (QED) is 0.502. The van der Waals surface area contributed by atoms with Crippen LogP contribution in [0.15, 0.2) is 18.2 Å². The summed E-state index contributed by atoms with van der Waals surface area (Å²) < 4.78 is 9.76. The van der Waals surface area contributed by atoms with Crippen LogP contribution < -0.4 is 10.6 Å². The minimum absolute atomic E-state index is 0.118. The number of rotatable bonds is 8. The Labute approximate surface area is 193 Å². The van der Waals surface area contributed by atoms with Gasteiger partial charge in [-0.05, 0) is 52.5 Å². The smallest absolute Gasteiger partial charge is 0.408 e. The molecule has 3 amide bonds. The van der Waals surface area contributed by atoms with Crippen LogP contribution in [0.3, 0.4) is 0 Å². The number of hydrogen-bond acceptors (Lipinski definition) is 7. The Balaban J connectivity index is 2.34. The average molecular weight is 464 g/mol. The number of nitrogens with zero attached hydrogens (tertiary/aromatic N) is 1. The van der Waals surface area contributed by atoms with Gasteiger partial charge in [0.05, 0.1) is 7.11 Å². The van der Waals surface area contributed by atoms with Crippen molar-refractivity contribution in [1.82, 2.24) is 15.5 Å². The van der Waals surface area contributed by atoms with E-state index in [1.54, 1.807) is 45.9 Å². The molecule has 33 heavy (non-hydrogen) atoms. The summed E-state index contributed by atoms with van der Waals surface area (Å²) in [6, 6.07) is 3.46. The van der Waals surface area contributed by atoms with Gasteiger partial charge in [0.15, 0.2) is 0 Å². The van der Waals surface area contributed by atoms with E-state index in [1.807, 2.05) is 0 Å². The zero-order chi connectivity index (χ0) is 24.8. The van der Waals surface area contributed by atoms with Crippen LogP contribution in [0.2, 0.25) is 0 Å². The second-order valence-electron chi connectivity index (χ2n) is 8.95. The summed E-state index contributed by atoms with van der Waals surface area (Å²) in [5.41, 5.74) is 0.0332. The first kappa shape index (κ1) is 26.0. The number of para-hydroxylation sites is 1. The molecule has 10 heteroatoms. The zero-order valence-corrected chi connectivity index (χ0v) is 19.8. The highest BCUT2D eigenvalue weighted by atomic mass is 16.6. The number of aryl methyl sites for hydroxylation is 1. The van der Waals surface area contributed by atoms with Crippen LogP contribution >= 0.6 is 0 Å². The van der Waals surface area contributed by atoms with E-state index in [9.17, 15) is 24.3 Å². The summed E-state index contributed by atoms with van der Waals surface area (Å²) in [4.78, 5) is 51.5. The van der Waals surface area contributed by atoms with Gasteiger partial charge in [-0.15, -0.1) is 0 Å². The molecule has 1 unspecified atom stereocenters. The summed E-state index contributed by atoms with van der Waals surface area (Å²) in [6.45, 7) is 6.02. The molecular formula is C23H33N3O7. The first-order chi connectivity index (χ1) is 15.4. The molecule has 182 valence electrons. The number of alkyl carbamates (subject to hydrolysis) is 1. The molecule has 0 aliphatic heterocycles. The summed E-state index contributed by atoms with van der Waals surface area (Å²) in [5, 5.41) is 15.6. The first-order valence-corrected chi connectivity index (χ1v) is 10.9. The van der Waals surface area contributed by atoms with Crippen molar-refractivity contribution >= 4 is 23.9 Å². The van der Waals surface area contributed by atoms with Crippen LogP contribution in [0, 0.1) is 6.92 Å². The van der Waals surface area contributed by atoms with Crippen molar-refractivity contribution in [2.75, 3.05) is 20.2 Å². The fourth-order valence-electron chi connectivity index (χ4n) is 3.42. The van der Waals surface area contributed by atoms with Gasteiger partial charge >= 0.3 is 12.1 Å². The third-order valence-electron chi connectivity index (χ3n) is 5.26. The zero-order valence-electron chi connectivity index (χ0n) is 19.8. The number of phenols is 1. The van der Waals surface area contributed by atoms with Gasteiger partial charge in [0.2, 0.25) is 11.8 Å². The minimum Gasteiger partial charge on any atom is -0.507 e. The number of ether oxygens (including phenoxy) is 2. The summed E-state index contributed by atoms with van der Waals surface area (Å²) in [7, 11) is 1.20. The lowest BCUT2D eigenvalue weighted by Crippen LogP contribution is -2.54. The predicted molar refractivity (Wildman–Crippen MR) is 119 cm³/mol. The molecule has 1 aromatic rings. The number of aromatic hydroxyl groups is 1. The van der Waals surface area contributed by atoms with Crippen LogP contribution in [0.5, 0.6) is 5.75 Å². The normalized spacial score (nSPS) is 14.5. The Hall–Kier alpha value is -3.30. The maximum absolute atomic E-state index is 13.3. The minimum atomic E-state index is -1.20. The van der Waals surface area contributed by atoms with Gasteiger partial charge in [0.1, 0.15) is 30.5 Å². The van der Waals surface area contributed by atoms with Crippen molar-refractivity contribution < 1.29 is 33.8 Å². The molecule has 1 fully saturated rings. The Kier molecular flexibility index (Phi) is 8.67. The van der Waals surface area contributed by atoms with Crippen molar-refractivity contribution in [3.63, 3.8) is 0 Å². The molecule has 3 N–H and O–H groups in total. The third-order valence-corrected chi connectivity index (χ3v) is 5.26. The van der Waals surface area contributed by atoms with E-state index in [1.165, 1.54) is 12.0 Å². The number of methoxy groups -OCH3 is 1. The Morgan fingerprint density at radius 2 is 1.82 bits per heavy atom.